The maximum atomic E-state index is 12.8. The number of aromatic nitrogens is 2. The SMILES string of the molecule is CC1(C)CC(=O)c2sc(NC(=O)c3ccc(C(=O)Nc4nc5c(s4)C(=O)CC(C)(C)C5)s3)nc2C1. The molecule has 8 nitrogen and oxygen atoms in total. The molecule has 0 fully saturated rings. The number of fused-ring (bicyclic) bond motifs is 2. The van der Waals surface area contributed by atoms with E-state index >= 15 is 0 Å². The van der Waals surface area contributed by atoms with Crippen LogP contribution in [-0.4, -0.2) is 33.3 Å². The van der Waals surface area contributed by atoms with Crippen molar-refractivity contribution in [1.82, 2.24) is 9.97 Å². The number of nitrogens with one attached hydrogen (secondary N) is 2. The third-order valence-corrected chi connectivity index (χ3v) is 9.16. The van der Waals surface area contributed by atoms with Gasteiger partial charge in [-0.15, -0.1) is 11.3 Å². The standard InChI is InChI=1S/C24H24N4O4S3/c1-23(2)7-11-17(13(29)9-23)34-21(25-11)27-19(31)15-5-6-16(33-15)20(32)28-22-26-12-8-24(3,4)10-14(30)18(12)35-22/h5-6H,7-10H2,1-4H3,(H,25,27,31)(H,26,28,32). The number of thiazole rings is 2. The zero-order chi connectivity index (χ0) is 25.1. The van der Waals surface area contributed by atoms with Crippen LogP contribution in [0.5, 0.6) is 0 Å². The Morgan fingerprint density at radius 1 is 0.714 bits per heavy atom. The van der Waals surface area contributed by atoms with Crippen LogP contribution in [0.2, 0.25) is 0 Å². The van der Waals surface area contributed by atoms with Gasteiger partial charge in [-0.1, -0.05) is 50.4 Å². The van der Waals surface area contributed by atoms with Crippen LogP contribution in [0.1, 0.15) is 90.6 Å². The molecule has 0 unspecified atom stereocenters. The summed E-state index contributed by atoms with van der Waals surface area (Å²) in [6.07, 6.45) is 2.31. The van der Waals surface area contributed by atoms with Crippen molar-refractivity contribution < 1.29 is 19.2 Å². The van der Waals surface area contributed by atoms with Gasteiger partial charge in [-0.2, -0.15) is 0 Å². The zero-order valence-electron chi connectivity index (χ0n) is 19.7. The Kier molecular flexibility index (Phi) is 5.77. The highest BCUT2D eigenvalue weighted by Crippen LogP contribution is 2.39. The molecule has 2 aliphatic carbocycles. The molecule has 0 aliphatic heterocycles. The average Bonchev–Trinajstić information content (AvgIpc) is 3.44. The van der Waals surface area contributed by atoms with Crippen molar-refractivity contribution in [2.45, 2.75) is 53.4 Å². The lowest BCUT2D eigenvalue weighted by Gasteiger charge is -2.26. The van der Waals surface area contributed by atoms with Gasteiger partial charge in [0.15, 0.2) is 21.8 Å². The summed E-state index contributed by atoms with van der Waals surface area (Å²) >= 11 is 3.44. The number of carbonyl (C=O) groups excluding carboxylic acids is 4. The molecule has 3 heterocycles. The van der Waals surface area contributed by atoms with E-state index in [-0.39, 0.29) is 34.2 Å². The minimum Gasteiger partial charge on any atom is -0.297 e. The molecule has 2 aliphatic rings. The van der Waals surface area contributed by atoms with Crippen LogP contribution in [0.4, 0.5) is 10.3 Å². The second-order valence-electron chi connectivity index (χ2n) is 10.5. The van der Waals surface area contributed by atoms with Crippen LogP contribution in [-0.2, 0) is 12.8 Å². The van der Waals surface area contributed by atoms with E-state index in [2.05, 4.69) is 20.6 Å². The van der Waals surface area contributed by atoms with Crippen LogP contribution in [0.25, 0.3) is 0 Å². The minimum atomic E-state index is -0.385. The molecule has 0 atom stereocenters. The molecule has 0 saturated carbocycles. The minimum absolute atomic E-state index is 0.0541. The summed E-state index contributed by atoms with van der Waals surface area (Å²) < 4.78 is 0. The predicted octanol–water partition coefficient (Wildman–Crippen LogP) is 5.48. The molecule has 2 amide bonds. The van der Waals surface area contributed by atoms with Crippen molar-refractivity contribution in [2.75, 3.05) is 10.6 Å². The van der Waals surface area contributed by atoms with E-state index in [0.717, 1.165) is 22.7 Å². The molecule has 0 saturated heterocycles. The highest BCUT2D eigenvalue weighted by molar-refractivity contribution is 7.19. The van der Waals surface area contributed by atoms with Gasteiger partial charge in [0, 0.05) is 12.8 Å². The van der Waals surface area contributed by atoms with Gasteiger partial charge in [0.05, 0.1) is 30.9 Å². The summed E-state index contributed by atoms with van der Waals surface area (Å²) in [5, 5.41) is 6.28. The molecule has 0 bridgehead atoms. The Bertz CT molecular complexity index is 1290. The van der Waals surface area contributed by atoms with Crippen LogP contribution < -0.4 is 10.6 Å². The lowest BCUT2D eigenvalue weighted by atomic mass is 9.78. The van der Waals surface area contributed by atoms with Crippen molar-refractivity contribution in [2.24, 2.45) is 10.8 Å². The first-order chi connectivity index (χ1) is 16.4. The van der Waals surface area contributed by atoms with Gasteiger partial charge >= 0.3 is 0 Å². The summed E-state index contributed by atoms with van der Waals surface area (Å²) in [6.45, 7) is 8.12. The first-order valence-corrected chi connectivity index (χ1v) is 13.6. The van der Waals surface area contributed by atoms with E-state index in [0.29, 0.717) is 55.5 Å². The number of anilines is 2. The van der Waals surface area contributed by atoms with Gasteiger partial charge in [0.25, 0.3) is 11.8 Å². The largest absolute Gasteiger partial charge is 0.297 e. The molecule has 0 spiro atoms. The molecule has 0 aromatic carbocycles. The van der Waals surface area contributed by atoms with E-state index < -0.39 is 0 Å². The maximum absolute atomic E-state index is 12.8. The first-order valence-electron chi connectivity index (χ1n) is 11.2. The molecule has 5 rings (SSSR count). The molecule has 0 radical (unpaired) electrons. The molecular formula is C24H24N4O4S3. The van der Waals surface area contributed by atoms with Crippen molar-refractivity contribution in [3.63, 3.8) is 0 Å². The fourth-order valence-corrected chi connectivity index (χ4v) is 7.07. The number of carbonyl (C=O) groups is 4. The van der Waals surface area contributed by atoms with Crippen LogP contribution >= 0.6 is 34.0 Å². The highest BCUT2D eigenvalue weighted by atomic mass is 32.1. The monoisotopic (exact) mass is 528 g/mol. The topological polar surface area (TPSA) is 118 Å². The Morgan fingerprint density at radius 2 is 1.11 bits per heavy atom. The molecule has 182 valence electrons. The Balaban J connectivity index is 1.26. The summed E-state index contributed by atoms with van der Waals surface area (Å²) in [4.78, 5) is 61.2. The van der Waals surface area contributed by atoms with Gasteiger partial charge in [-0.05, 0) is 35.8 Å². The molecule has 2 N–H and O–H groups in total. The van der Waals surface area contributed by atoms with Gasteiger partial charge < -0.3 is 0 Å². The quantitative estimate of drug-likeness (QED) is 0.463. The maximum Gasteiger partial charge on any atom is 0.267 e. The van der Waals surface area contributed by atoms with E-state index in [9.17, 15) is 19.2 Å². The number of thiophene rings is 1. The van der Waals surface area contributed by atoms with E-state index in [4.69, 9.17) is 0 Å². The van der Waals surface area contributed by atoms with Gasteiger partial charge in [-0.3, -0.25) is 29.8 Å². The molecule has 3 aromatic rings. The highest BCUT2D eigenvalue weighted by Gasteiger charge is 2.35. The summed E-state index contributed by atoms with van der Waals surface area (Å²) in [5.41, 5.74) is 1.17. The third-order valence-electron chi connectivity index (χ3n) is 5.97. The van der Waals surface area contributed by atoms with Crippen LogP contribution in [0.15, 0.2) is 12.1 Å². The van der Waals surface area contributed by atoms with E-state index in [1.54, 1.807) is 12.1 Å². The predicted molar refractivity (Wildman–Crippen MR) is 137 cm³/mol. The molecule has 11 heteroatoms. The smallest absolute Gasteiger partial charge is 0.267 e. The summed E-state index contributed by atoms with van der Waals surface area (Å²) in [7, 11) is 0. The van der Waals surface area contributed by atoms with Crippen LogP contribution in [0, 0.1) is 10.8 Å². The van der Waals surface area contributed by atoms with Crippen LogP contribution in [0.3, 0.4) is 0 Å². The second kappa shape index (κ2) is 8.42. The third kappa shape index (κ3) is 4.85. The number of ketones is 2. The number of Topliss-reactive ketones (excluding diaryl/α,β-unsaturated/α-hetero) is 2. The Morgan fingerprint density at radius 3 is 1.51 bits per heavy atom. The van der Waals surface area contributed by atoms with Crippen molar-refractivity contribution in [3.8, 4) is 0 Å². The number of amides is 2. The normalized spacial score (nSPS) is 18.1. The summed E-state index contributed by atoms with van der Waals surface area (Å²) in [5.74, 6) is -0.661. The first kappa shape index (κ1) is 24.0. The van der Waals surface area contributed by atoms with Crippen molar-refractivity contribution in [3.05, 3.63) is 43.0 Å². The van der Waals surface area contributed by atoms with Crippen molar-refractivity contribution >= 4 is 67.7 Å². The Labute approximate surface area is 214 Å². The number of hydrogen-bond acceptors (Lipinski definition) is 9. The van der Waals surface area contributed by atoms with Crippen molar-refractivity contribution in [1.29, 1.82) is 0 Å². The molecule has 3 aromatic heterocycles. The number of nitrogens with zero attached hydrogens (tertiary/aromatic N) is 2. The molecular weight excluding hydrogens is 504 g/mol. The number of rotatable bonds is 4. The Hall–Kier alpha value is -2.76. The van der Waals surface area contributed by atoms with Gasteiger partial charge in [-0.25, -0.2) is 9.97 Å². The van der Waals surface area contributed by atoms with Gasteiger partial charge in [0.2, 0.25) is 0 Å². The molecule has 35 heavy (non-hydrogen) atoms. The van der Waals surface area contributed by atoms with E-state index in [1.165, 1.54) is 22.7 Å². The van der Waals surface area contributed by atoms with Gasteiger partial charge in [0.1, 0.15) is 0 Å². The average molecular weight is 529 g/mol. The van der Waals surface area contributed by atoms with E-state index in [1.807, 2.05) is 27.7 Å². The lowest BCUT2D eigenvalue weighted by Crippen LogP contribution is -2.26. The second-order valence-corrected chi connectivity index (χ2v) is 13.6. The summed E-state index contributed by atoms with van der Waals surface area (Å²) in [6, 6.07) is 3.16. The fourth-order valence-electron chi connectivity index (χ4n) is 4.45. The lowest BCUT2D eigenvalue weighted by molar-refractivity contribution is 0.0906. The fraction of sp³-hybridized carbons (Fsp3) is 0.417. The number of hydrogen-bond donors (Lipinski definition) is 2. The zero-order valence-corrected chi connectivity index (χ0v) is 22.2.